The number of carbonyl (C=O) groups excluding carboxylic acids is 2. The predicted molar refractivity (Wildman–Crippen MR) is 91.6 cm³/mol. The van der Waals surface area contributed by atoms with Crippen molar-refractivity contribution in [1.29, 1.82) is 0 Å². The van der Waals surface area contributed by atoms with Gasteiger partial charge in [-0.25, -0.2) is 9.59 Å². The van der Waals surface area contributed by atoms with Gasteiger partial charge in [0.05, 0.1) is 18.4 Å². The summed E-state index contributed by atoms with van der Waals surface area (Å²) >= 11 is 0. The minimum atomic E-state index is -0.639. The van der Waals surface area contributed by atoms with Crippen molar-refractivity contribution in [3.63, 3.8) is 0 Å². The molecule has 1 saturated heterocycles. The number of nitrogens with one attached hydrogen (secondary N) is 2. The fourth-order valence-corrected chi connectivity index (χ4v) is 3.52. The van der Waals surface area contributed by atoms with E-state index in [-0.39, 0.29) is 12.6 Å². The van der Waals surface area contributed by atoms with Gasteiger partial charge in [-0.3, -0.25) is 4.90 Å². The van der Waals surface area contributed by atoms with Crippen LogP contribution in [0.4, 0.5) is 4.79 Å². The van der Waals surface area contributed by atoms with E-state index in [9.17, 15) is 9.59 Å². The number of likely N-dealkylation sites (tertiary alicyclic amines) is 1. The molecule has 0 bridgehead atoms. The van der Waals surface area contributed by atoms with Gasteiger partial charge in [-0.05, 0) is 44.4 Å². The molecule has 2 aliphatic rings. The number of urea groups is 1. The Morgan fingerprint density at radius 2 is 2.32 bits per heavy atom. The number of carbonyl (C=O) groups is 2. The average molecular weight is 347 g/mol. The van der Waals surface area contributed by atoms with Gasteiger partial charge in [-0.2, -0.15) is 0 Å². The molecule has 0 spiro atoms. The average Bonchev–Trinajstić information content (AvgIpc) is 3.09. The molecule has 1 aromatic heterocycles. The lowest BCUT2D eigenvalue weighted by atomic mass is 9.97. The molecule has 2 N–H and O–H groups in total. The van der Waals surface area contributed by atoms with Gasteiger partial charge in [0.25, 0.3) is 0 Å². The van der Waals surface area contributed by atoms with Crippen molar-refractivity contribution in [3.8, 4) is 0 Å². The quantitative estimate of drug-likeness (QED) is 0.798. The lowest BCUT2D eigenvalue weighted by molar-refractivity contribution is -0.139. The SMILES string of the molecule is CCOC(=O)C1=C(CN2CCC[C@H](C)C2)NC(=O)N[C@@H]1c1ccco1. The Kier molecular flexibility index (Phi) is 5.43. The second kappa shape index (κ2) is 7.74. The van der Waals surface area contributed by atoms with Gasteiger partial charge in [0, 0.05) is 18.8 Å². The van der Waals surface area contributed by atoms with Crippen LogP contribution in [0.2, 0.25) is 0 Å². The third-order valence-electron chi connectivity index (χ3n) is 4.60. The zero-order chi connectivity index (χ0) is 17.8. The molecule has 0 saturated carbocycles. The molecule has 3 heterocycles. The molecule has 25 heavy (non-hydrogen) atoms. The smallest absolute Gasteiger partial charge is 0.338 e. The maximum Gasteiger partial charge on any atom is 0.338 e. The molecule has 0 radical (unpaired) electrons. The first kappa shape index (κ1) is 17.5. The second-order valence-electron chi connectivity index (χ2n) is 6.64. The van der Waals surface area contributed by atoms with Gasteiger partial charge in [0.15, 0.2) is 0 Å². The van der Waals surface area contributed by atoms with E-state index in [2.05, 4.69) is 22.5 Å². The number of furan rings is 1. The van der Waals surface area contributed by atoms with E-state index in [4.69, 9.17) is 9.15 Å². The van der Waals surface area contributed by atoms with Crippen LogP contribution in [-0.2, 0) is 9.53 Å². The predicted octanol–water partition coefficient (Wildman–Crippen LogP) is 2.18. The van der Waals surface area contributed by atoms with Gasteiger partial charge in [0.2, 0.25) is 0 Å². The number of hydrogen-bond donors (Lipinski definition) is 2. The van der Waals surface area contributed by atoms with E-state index in [0.717, 1.165) is 19.5 Å². The molecule has 0 aliphatic carbocycles. The molecule has 7 nitrogen and oxygen atoms in total. The van der Waals surface area contributed by atoms with E-state index < -0.39 is 12.0 Å². The minimum Gasteiger partial charge on any atom is -0.467 e. The van der Waals surface area contributed by atoms with Gasteiger partial charge in [0.1, 0.15) is 11.8 Å². The van der Waals surface area contributed by atoms with Gasteiger partial charge >= 0.3 is 12.0 Å². The Balaban J connectivity index is 1.93. The van der Waals surface area contributed by atoms with E-state index in [1.165, 1.54) is 12.7 Å². The molecule has 2 atom stereocenters. The van der Waals surface area contributed by atoms with Gasteiger partial charge in [-0.1, -0.05) is 6.92 Å². The van der Waals surface area contributed by atoms with Gasteiger partial charge in [-0.15, -0.1) is 0 Å². The topological polar surface area (TPSA) is 83.8 Å². The van der Waals surface area contributed by atoms with Crippen molar-refractivity contribution in [2.45, 2.75) is 32.7 Å². The number of hydrogen-bond acceptors (Lipinski definition) is 5. The maximum absolute atomic E-state index is 12.6. The normalized spacial score (nSPS) is 24.6. The van der Waals surface area contributed by atoms with Crippen LogP contribution in [0.1, 0.15) is 38.5 Å². The van der Waals surface area contributed by atoms with Crippen LogP contribution in [0.5, 0.6) is 0 Å². The molecule has 0 unspecified atom stereocenters. The van der Waals surface area contributed by atoms with Crippen molar-refractivity contribution >= 4 is 12.0 Å². The highest BCUT2D eigenvalue weighted by Crippen LogP contribution is 2.29. The Labute approximate surface area is 147 Å². The van der Waals surface area contributed by atoms with E-state index in [1.54, 1.807) is 19.1 Å². The number of ether oxygens (including phenoxy) is 1. The minimum absolute atomic E-state index is 0.273. The Morgan fingerprint density at radius 3 is 3.00 bits per heavy atom. The number of rotatable bonds is 5. The lowest BCUT2D eigenvalue weighted by Crippen LogP contribution is -2.49. The standard InChI is InChI=1S/C18H25N3O4/c1-3-24-17(22)15-13(11-21-8-4-6-12(2)10-21)19-18(23)20-16(15)14-7-5-9-25-14/h5,7,9,12,16H,3-4,6,8,10-11H2,1-2H3,(H2,19,20,23)/t12-,16+/m0/s1. The van der Waals surface area contributed by atoms with Crippen molar-refractivity contribution in [2.24, 2.45) is 5.92 Å². The maximum atomic E-state index is 12.6. The lowest BCUT2D eigenvalue weighted by Gasteiger charge is -2.34. The van der Waals surface area contributed by atoms with Crippen LogP contribution in [0.3, 0.4) is 0 Å². The summed E-state index contributed by atoms with van der Waals surface area (Å²) in [5.74, 6) is 0.692. The third kappa shape index (κ3) is 4.04. The van der Waals surface area contributed by atoms with Crippen LogP contribution in [0.15, 0.2) is 34.1 Å². The highest BCUT2D eigenvalue weighted by atomic mass is 16.5. The summed E-state index contributed by atoms with van der Waals surface area (Å²) in [6.07, 6.45) is 3.86. The fourth-order valence-electron chi connectivity index (χ4n) is 3.52. The fraction of sp³-hybridized carbons (Fsp3) is 0.556. The van der Waals surface area contributed by atoms with Crippen LogP contribution in [-0.4, -0.2) is 43.1 Å². The number of nitrogens with zero attached hydrogens (tertiary/aromatic N) is 1. The largest absolute Gasteiger partial charge is 0.467 e. The molecule has 1 aromatic rings. The first-order chi connectivity index (χ1) is 12.1. The molecule has 2 aliphatic heterocycles. The zero-order valence-corrected chi connectivity index (χ0v) is 14.7. The molecule has 3 rings (SSSR count). The van der Waals surface area contributed by atoms with E-state index in [0.29, 0.717) is 29.5 Å². The summed E-state index contributed by atoms with van der Waals surface area (Å²) < 4.78 is 10.7. The van der Waals surface area contributed by atoms with Crippen molar-refractivity contribution in [2.75, 3.05) is 26.2 Å². The first-order valence-corrected chi connectivity index (χ1v) is 8.82. The van der Waals surface area contributed by atoms with Crippen molar-refractivity contribution in [3.05, 3.63) is 35.4 Å². The zero-order valence-electron chi connectivity index (χ0n) is 14.7. The molecule has 2 amide bonds. The molecule has 0 aromatic carbocycles. The van der Waals surface area contributed by atoms with Gasteiger partial charge < -0.3 is 19.8 Å². The van der Waals surface area contributed by atoms with Crippen LogP contribution in [0, 0.1) is 5.92 Å². The molecular weight excluding hydrogens is 322 g/mol. The van der Waals surface area contributed by atoms with E-state index >= 15 is 0 Å². The van der Waals surface area contributed by atoms with Crippen molar-refractivity contribution < 1.29 is 18.7 Å². The monoisotopic (exact) mass is 347 g/mol. The summed E-state index contributed by atoms with van der Waals surface area (Å²) in [4.78, 5) is 27.0. The van der Waals surface area contributed by atoms with Crippen molar-refractivity contribution in [1.82, 2.24) is 15.5 Å². The third-order valence-corrected chi connectivity index (χ3v) is 4.60. The highest BCUT2D eigenvalue weighted by Gasteiger charge is 2.36. The van der Waals surface area contributed by atoms with E-state index in [1.807, 2.05) is 0 Å². The molecular formula is C18H25N3O4. The molecule has 136 valence electrons. The van der Waals surface area contributed by atoms with Crippen LogP contribution >= 0.6 is 0 Å². The second-order valence-corrected chi connectivity index (χ2v) is 6.64. The molecule has 1 fully saturated rings. The summed E-state index contributed by atoms with van der Waals surface area (Å²) in [7, 11) is 0. The summed E-state index contributed by atoms with van der Waals surface area (Å²) in [5, 5.41) is 5.57. The Hall–Kier alpha value is -2.28. The molecule has 7 heteroatoms. The Morgan fingerprint density at radius 1 is 1.48 bits per heavy atom. The summed E-state index contributed by atoms with van der Waals surface area (Å²) in [5.41, 5.74) is 1.01. The van der Waals surface area contributed by atoms with Crippen LogP contribution in [0.25, 0.3) is 0 Å². The number of esters is 1. The number of amides is 2. The Bertz CT molecular complexity index is 653. The highest BCUT2D eigenvalue weighted by molar-refractivity contribution is 5.95. The first-order valence-electron chi connectivity index (χ1n) is 8.82. The summed E-state index contributed by atoms with van der Waals surface area (Å²) in [6, 6.07) is 2.50. The van der Waals surface area contributed by atoms with Crippen LogP contribution < -0.4 is 10.6 Å². The number of piperidine rings is 1. The summed E-state index contributed by atoms with van der Waals surface area (Å²) in [6.45, 7) is 6.69.